The Morgan fingerprint density at radius 3 is 2.24 bits per heavy atom. The van der Waals surface area contributed by atoms with Crippen molar-refractivity contribution in [2.75, 3.05) is 19.8 Å². The van der Waals surface area contributed by atoms with Crippen LogP contribution in [0.4, 0.5) is 0 Å². The van der Waals surface area contributed by atoms with E-state index in [0.717, 1.165) is 21.2 Å². The molecule has 0 radical (unpaired) electrons. The number of likely N-dealkylation sites (N-methyl/N-ethyl adjacent to an activating group) is 1. The van der Waals surface area contributed by atoms with E-state index in [1.807, 2.05) is 93.6 Å². The van der Waals surface area contributed by atoms with Gasteiger partial charge in [0.1, 0.15) is 6.04 Å². The average Bonchev–Trinajstić information content (AvgIpc) is 2.91. The Hall–Kier alpha value is -3.32. The molecule has 1 N–H and O–H groups in total. The van der Waals surface area contributed by atoms with E-state index >= 15 is 0 Å². The minimum absolute atomic E-state index is 0.0796. The summed E-state index contributed by atoms with van der Waals surface area (Å²) >= 11 is 3.53. The van der Waals surface area contributed by atoms with Crippen LogP contribution in [0.25, 0.3) is 0 Å². The van der Waals surface area contributed by atoms with Gasteiger partial charge in [0.15, 0.2) is 11.5 Å². The van der Waals surface area contributed by atoms with Gasteiger partial charge in [-0.15, -0.1) is 0 Å². The summed E-state index contributed by atoms with van der Waals surface area (Å²) in [4.78, 5) is 28.8. The fourth-order valence-electron chi connectivity index (χ4n) is 4.32. The van der Waals surface area contributed by atoms with Crippen LogP contribution < -0.4 is 14.8 Å². The number of nitrogens with one attached hydrogen (secondary N) is 1. The monoisotopic (exact) mass is 580 g/mol. The number of amides is 2. The largest absolute Gasteiger partial charge is 0.490 e. The number of benzene rings is 3. The third-order valence-corrected chi connectivity index (χ3v) is 6.59. The molecule has 1 atom stereocenters. The fourth-order valence-corrected chi connectivity index (χ4v) is 4.77. The van der Waals surface area contributed by atoms with Gasteiger partial charge in [-0.3, -0.25) is 9.59 Å². The van der Waals surface area contributed by atoms with Crippen molar-refractivity contribution in [1.82, 2.24) is 10.2 Å². The van der Waals surface area contributed by atoms with Crippen LogP contribution >= 0.6 is 15.9 Å². The van der Waals surface area contributed by atoms with E-state index in [9.17, 15) is 9.59 Å². The van der Waals surface area contributed by atoms with Gasteiger partial charge >= 0.3 is 0 Å². The lowest BCUT2D eigenvalue weighted by molar-refractivity contribution is -0.141. The molecule has 0 bridgehead atoms. The first-order chi connectivity index (χ1) is 18.4. The number of carbonyl (C=O) groups is 2. The first-order valence-corrected chi connectivity index (χ1v) is 14.0. The summed E-state index contributed by atoms with van der Waals surface area (Å²) in [6, 6.07) is 22.8. The number of carbonyl (C=O) groups excluding carboxylic acids is 2. The zero-order valence-corrected chi connectivity index (χ0v) is 24.0. The average molecular weight is 582 g/mol. The Morgan fingerprint density at radius 1 is 0.842 bits per heavy atom. The lowest BCUT2D eigenvalue weighted by Gasteiger charge is -2.31. The maximum absolute atomic E-state index is 13.8. The molecule has 0 aliphatic rings. The zero-order chi connectivity index (χ0) is 27.3. The molecule has 0 unspecified atom stereocenters. The summed E-state index contributed by atoms with van der Waals surface area (Å²) < 4.78 is 12.4. The normalized spacial score (nSPS) is 11.5. The molecule has 2 amide bonds. The number of hydrogen-bond acceptors (Lipinski definition) is 4. The molecule has 0 saturated carbocycles. The van der Waals surface area contributed by atoms with Gasteiger partial charge in [0, 0.05) is 30.4 Å². The first kappa shape index (κ1) is 29.2. The topological polar surface area (TPSA) is 67.9 Å². The second-order valence-electron chi connectivity index (χ2n) is 8.90. The molecular formula is C31H37BrN2O4. The van der Waals surface area contributed by atoms with Crippen molar-refractivity contribution in [2.45, 2.75) is 52.6 Å². The lowest BCUT2D eigenvalue weighted by atomic mass is 10.0. The molecular weight excluding hydrogens is 544 g/mol. The van der Waals surface area contributed by atoms with E-state index in [0.29, 0.717) is 50.6 Å². The van der Waals surface area contributed by atoms with Crippen LogP contribution in [0.5, 0.6) is 11.5 Å². The van der Waals surface area contributed by atoms with Gasteiger partial charge in [0.2, 0.25) is 11.8 Å². The van der Waals surface area contributed by atoms with E-state index < -0.39 is 6.04 Å². The van der Waals surface area contributed by atoms with Crippen molar-refractivity contribution in [3.8, 4) is 11.5 Å². The molecule has 38 heavy (non-hydrogen) atoms. The van der Waals surface area contributed by atoms with Gasteiger partial charge in [0.25, 0.3) is 0 Å². The summed E-state index contributed by atoms with van der Waals surface area (Å²) in [6.07, 6.45) is 1.22. The summed E-state index contributed by atoms with van der Waals surface area (Å²) in [5, 5.41) is 2.94. The van der Waals surface area contributed by atoms with Crippen LogP contribution in [-0.4, -0.2) is 42.5 Å². The van der Waals surface area contributed by atoms with Crippen LogP contribution in [0.3, 0.4) is 0 Å². The van der Waals surface area contributed by atoms with E-state index in [-0.39, 0.29) is 18.2 Å². The second-order valence-corrected chi connectivity index (χ2v) is 9.81. The number of ether oxygens (including phenoxy) is 2. The minimum Gasteiger partial charge on any atom is -0.490 e. The molecule has 6 nitrogen and oxygen atoms in total. The van der Waals surface area contributed by atoms with Gasteiger partial charge in [-0.1, -0.05) is 64.5 Å². The Kier molecular flexibility index (Phi) is 11.7. The van der Waals surface area contributed by atoms with Crippen LogP contribution in [0.2, 0.25) is 0 Å². The highest BCUT2D eigenvalue weighted by Gasteiger charge is 2.30. The molecule has 0 aliphatic heterocycles. The third kappa shape index (κ3) is 8.62. The molecule has 0 spiro atoms. The zero-order valence-electron chi connectivity index (χ0n) is 22.4. The minimum atomic E-state index is -0.636. The standard InChI is InChI=1S/C31H37BrN2O4/c1-4-33-31(36)27(20-23-11-8-7-9-12-23)34(22-25-13-10-14-26(32)19-25)30(35)18-16-24-15-17-28(37-5-2)29(21-24)38-6-3/h7-15,17,19,21,27H,4-6,16,18,20,22H2,1-3H3,(H,33,36)/t27-/m1/s1. The summed E-state index contributed by atoms with van der Waals surface area (Å²) in [7, 11) is 0. The number of hydrogen-bond donors (Lipinski definition) is 1. The van der Waals surface area contributed by atoms with Gasteiger partial charge in [-0.25, -0.2) is 0 Å². The highest BCUT2D eigenvalue weighted by molar-refractivity contribution is 9.10. The third-order valence-electron chi connectivity index (χ3n) is 6.10. The van der Waals surface area contributed by atoms with Crippen LogP contribution in [-0.2, 0) is 29.0 Å². The number of halogens is 1. The molecule has 202 valence electrons. The van der Waals surface area contributed by atoms with Crippen molar-refractivity contribution < 1.29 is 19.1 Å². The maximum atomic E-state index is 13.8. The van der Waals surface area contributed by atoms with Crippen LogP contribution in [0.1, 0.15) is 43.9 Å². The number of rotatable bonds is 14. The van der Waals surface area contributed by atoms with Gasteiger partial charge in [-0.05, 0) is 68.1 Å². The summed E-state index contributed by atoms with van der Waals surface area (Å²) in [6.45, 7) is 7.65. The van der Waals surface area contributed by atoms with Crippen molar-refractivity contribution in [3.63, 3.8) is 0 Å². The molecule has 3 aromatic rings. The highest BCUT2D eigenvalue weighted by atomic mass is 79.9. The molecule has 3 rings (SSSR count). The number of nitrogens with zero attached hydrogens (tertiary/aromatic N) is 1. The van der Waals surface area contributed by atoms with Gasteiger partial charge in [-0.2, -0.15) is 0 Å². The summed E-state index contributed by atoms with van der Waals surface area (Å²) in [5.41, 5.74) is 2.93. The predicted molar refractivity (Wildman–Crippen MR) is 154 cm³/mol. The van der Waals surface area contributed by atoms with Gasteiger partial charge in [0.05, 0.1) is 13.2 Å². The van der Waals surface area contributed by atoms with Crippen molar-refractivity contribution >= 4 is 27.7 Å². The van der Waals surface area contributed by atoms with Crippen LogP contribution in [0.15, 0.2) is 77.3 Å². The molecule has 0 aromatic heterocycles. The fraction of sp³-hybridized carbons (Fsp3) is 0.355. The number of aryl methyl sites for hydroxylation is 1. The maximum Gasteiger partial charge on any atom is 0.243 e. The van der Waals surface area contributed by atoms with E-state index in [1.165, 1.54) is 0 Å². The predicted octanol–water partition coefficient (Wildman–Crippen LogP) is 5.96. The SMILES string of the molecule is CCNC(=O)[C@@H](Cc1ccccc1)N(Cc1cccc(Br)c1)C(=O)CCc1ccc(OCC)c(OCC)c1. The van der Waals surface area contributed by atoms with E-state index in [4.69, 9.17) is 9.47 Å². The highest BCUT2D eigenvalue weighted by Crippen LogP contribution is 2.29. The van der Waals surface area contributed by atoms with Crippen molar-refractivity contribution in [2.24, 2.45) is 0 Å². The molecule has 3 aromatic carbocycles. The molecule has 7 heteroatoms. The van der Waals surface area contributed by atoms with Crippen molar-refractivity contribution in [3.05, 3.63) is 94.0 Å². The smallest absolute Gasteiger partial charge is 0.243 e. The van der Waals surface area contributed by atoms with Crippen LogP contribution in [0, 0.1) is 0 Å². The van der Waals surface area contributed by atoms with E-state index in [2.05, 4.69) is 21.2 Å². The van der Waals surface area contributed by atoms with Crippen molar-refractivity contribution in [1.29, 1.82) is 0 Å². The Morgan fingerprint density at radius 2 is 1.55 bits per heavy atom. The first-order valence-electron chi connectivity index (χ1n) is 13.2. The lowest BCUT2D eigenvalue weighted by Crippen LogP contribution is -2.50. The second kappa shape index (κ2) is 15.2. The van der Waals surface area contributed by atoms with E-state index in [1.54, 1.807) is 4.90 Å². The molecule has 0 fully saturated rings. The quantitative estimate of drug-likeness (QED) is 0.255. The Bertz CT molecular complexity index is 1190. The molecule has 0 saturated heterocycles. The molecule has 0 heterocycles. The van der Waals surface area contributed by atoms with Gasteiger partial charge < -0.3 is 19.7 Å². The Balaban J connectivity index is 1.87. The Labute approximate surface area is 234 Å². The molecule has 0 aliphatic carbocycles. The summed E-state index contributed by atoms with van der Waals surface area (Å²) in [5.74, 6) is 1.14.